The molecule has 3 aliphatic rings. The van der Waals surface area contributed by atoms with Gasteiger partial charge in [0.15, 0.2) is 0 Å². The maximum atomic E-state index is 6.76. The maximum absolute atomic E-state index is 6.76. The Morgan fingerprint density at radius 2 is 1.76 bits per heavy atom. The smallest absolute Gasteiger partial charge is 0.265 e. The highest BCUT2D eigenvalue weighted by Crippen LogP contribution is 2.36. The number of para-hydroxylation sites is 1. The topological polar surface area (TPSA) is 66.5 Å². The van der Waals surface area contributed by atoms with Gasteiger partial charge < -0.3 is 4.98 Å². The molecule has 1 aromatic heterocycles. The van der Waals surface area contributed by atoms with Gasteiger partial charge in [-0.25, -0.2) is 0 Å². The van der Waals surface area contributed by atoms with Crippen LogP contribution in [0.4, 0.5) is 0 Å². The van der Waals surface area contributed by atoms with Crippen molar-refractivity contribution in [3.63, 3.8) is 0 Å². The number of nitrogens with two attached hydrogens (primary N) is 1. The van der Waals surface area contributed by atoms with E-state index in [2.05, 4.69) is 58.5 Å². The van der Waals surface area contributed by atoms with E-state index in [1.54, 1.807) is 12.4 Å². The van der Waals surface area contributed by atoms with E-state index in [9.17, 15) is 0 Å². The summed E-state index contributed by atoms with van der Waals surface area (Å²) < 4.78 is 0.0374. The molecule has 0 saturated heterocycles. The van der Waals surface area contributed by atoms with Crippen molar-refractivity contribution in [2.45, 2.75) is 0 Å². The van der Waals surface area contributed by atoms with E-state index < -0.39 is 0 Å². The Hall–Kier alpha value is -3.80. The van der Waals surface area contributed by atoms with Crippen LogP contribution in [-0.4, -0.2) is 21.6 Å². The van der Waals surface area contributed by atoms with Crippen molar-refractivity contribution in [1.82, 2.24) is 4.98 Å². The van der Waals surface area contributed by atoms with Gasteiger partial charge in [-0.3, -0.25) is 4.99 Å². The van der Waals surface area contributed by atoms with Crippen LogP contribution in [0.1, 0.15) is 5.56 Å². The number of benzene rings is 2. The first-order valence-corrected chi connectivity index (χ1v) is 9.52. The minimum atomic E-state index is 0.0374. The van der Waals surface area contributed by atoms with Crippen molar-refractivity contribution in [3.05, 3.63) is 108 Å². The zero-order chi connectivity index (χ0) is 19.4. The quantitative estimate of drug-likeness (QED) is 0.511. The molecule has 0 fully saturated rings. The lowest BCUT2D eigenvalue weighted by molar-refractivity contribution is -0.750. The number of allylic oxidation sites excluding steroid dienone is 4. The zero-order valence-electron chi connectivity index (χ0n) is 15.6. The van der Waals surface area contributed by atoms with Gasteiger partial charge in [-0.15, -0.1) is 4.59 Å². The van der Waals surface area contributed by atoms with Crippen molar-refractivity contribution < 1.29 is 4.59 Å². The monoisotopic (exact) mass is 376 g/mol. The number of aromatic nitrogens is 1. The summed E-state index contributed by atoms with van der Waals surface area (Å²) in [5.41, 5.74) is 7.20. The van der Waals surface area contributed by atoms with Gasteiger partial charge in [-0.2, -0.15) is 10.8 Å². The first-order valence-electron chi connectivity index (χ1n) is 9.52. The average Bonchev–Trinajstić information content (AvgIpc) is 3.26. The summed E-state index contributed by atoms with van der Waals surface area (Å²) in [4.78, 5) is 12.7. The van der Waals surface area contributed by atoms with Crippen LogP contribution in [0.5, 0.6) is 0 Å². The van der Waals surface area contributed by atoms with E-state index in [0.29, 0.717) is 0 Å². The summed E-state index contributed by atoms with van der Waals surface area (Å²) >= 11 is 0. The van der Waals surface area contributed by atoms with E-state index in [0.717, 1.165) is 45.1 Å². The third-order valence-electron chi connectivity index (χ3n) is 5.60. The summed E-state index contributed by atoms with van der Waals surface area (Å²) in [5.74, 6) is 7.55. The molecule has 0 spiro atoms. The number of aliphatic imine (C=N–C) groups is 2. The lowest BCUT2D eigenvalue weighted by Crippen LogP contribution is -2.53. The summed E-state index contributed by atoms with van der Waals surface area (Å²) in [6.45, 7) is 0. The van der Waals surface area contributed by atoms with E-state index in [1.165, 1.54) is 5.39 Å². The van der Waals surface area contributed by atoms with Gasteiger partial charge >= 0.3 is 0 Å². The number of amidine groups is 1. The molecule has 1 unspecified atom stereocenters. The van der Waals surface area contributed by atoms with Gasteiger partial charge in [0.25, 0.3) is 5.84 Å². The molecule has 3 N–H and O–H groups in total. The normalized spacial score (nSPS) is 22.0. The summed E-state index contributed by atoms with van der Waals surface area (Å²) in [7, 11) is 0. The molecule has 0 bridgehead atoms. The molecule has 2 aliphatic heterocycles. The molecular formula is C24H18N5+. The first-order chi connectivity index (χ1) is 14.2. The van der Waals surface area contributed by atoms with Crippen LogP contribution >= 0.6 is 0 Å². The molecule has 0 amide bonds. The Bertz CT molecular complexity index is 1310. The number of quaternary nitrogens is 1. The molecule has 1 atom stereocenters. The highest BCUT2D eigenvalue weighted by molar-refractivity contribution is 6.01. The fraction of sp³-hybridized carbons (Fsp3) is 0. The molecule has 6 rings (SSSR count). The third kappa shape index (κ3) is 2.35. The van der Waals surface area contributed by atoms with E-state index >= 15 is 0 Å². The van der Waals surface area contributed by atoms with Crippen molar-refractivity contribution in [3.8, 4) is 11.3 Å². The molecule has 2 aromatic carbocycles. The lowest BCUT2D eigenvalue weighted by Gasteiger charge is -2.26. The molecule has 3 heterocycles. The van der Waals surface area contributed by atoms with Gasteiger partial charge in [0, 0.05) is 22.2 Å². The third-order valence-corrected chi connectivity index (χ3v) is 5.60. The number of rotatable bonds is 3. The minimum Gasteiger partial charge on any atom is -0.355 e. The lowest BCUT2D eigenvalue weighted by atomic mass is 10.0. The van der Waals surface area contributed by atoms with Gasteiger partial charge in [-0.1, -0.05) is 48.6 Å². The van der Waals surface area contributed by atoms with E-state index in [-0.39, 0.29) is 4.59 Å². The number of hydrogen-bond acceptors (Lipinski definition) is 3. The van der Waals surface area contributed by atoms with Gasteiger partial charge in [-0.05, 0) is 29.8 Å². The van der Waals surface area contributed by atoms with Crippen molar-refractivity contribution in [1.29, 1.82) is 0 Å². The van der Waals surface area contributed by atoms with Crippen molar-refractivity contribution in [2.75, 3.05) is 0 Å². The zero-order valence-corrected chi connectivity index (χ0v) is 15.6. The number of nitrogens with zero attached hydrogens (tertiary/aromatic N) is 3. The largest absolute Gasteiger partial charge is 0.355 e. The Morgan fingerprint density at radius 1 is 0.966 bits per heavy atom. The Labute approximate surface area is 167 Å². The van der Waals surface area contributed by atoms with Crippen LogP contribution in [0.2, 0.25) is 0 Å². The second kappa shape index (κ2) is 5.85. The Morgan fingerprint density at radius 3 is 2.52 bits per heavy atom. The SMILES string of the molecule is N[N+]12C=CN=CC1=C(C1=CC=C1)N=C2c1ccc(-c2cc3ccccc3[nH]2)cc1. The van der Waals surface area contributed by atoms with Crippen molar-refractivity contribution in [2.24, 2.45) is 15.8 Å². The number of fused-ring (bicyclic) bond motifs is 2. The highest BCUT2D eigenvalue weighted by Gasteiger charge is 2.44. The number of hydrogen-bond donors (Lipinski definition) is 2. The van der Waals surface area contributed by atoms with Crippen LogP contribution < -0.4 is 5.84 Å². The fourth-order valence-corrected chi connectivity index (χ4v) is 3.97. The summed E-state index contributed by atoms with van der Waals surface area (Å²) in [6.07, 6.45) is 11.5. The predicted octanol–water partition coefficient (Wildman–Crippen LogP) is 4.55. The van der Waals surface area contributed by atoms with Crippen LogP contribution in [-0.2, 0) is 0 Å². The highest BCUT2D eigenvalue weighted by atomic mass is 15.6. The van der Waals surface area contributed by atoms with Gasteiger partial charge in [0.1, 0.15) is 11.9 Å². The fourth-order valence-electron chi connectivity index (χ4n) is 3.97. The number of nitrogens with one attached hydrogen (secondary N) is 1. The molecular weight excluding hydrogens is 358 g/mol. The summed E-state index contributed by atoms with van der Waals surface area (Å²) in [5, 5.41) is 1.20. The number of H-pyrrole nitrogens is 1. The van der Waals surface area contributed by atoms with Gasteiger partial charge in [0.05, 0.1) is 18.0 Å². The molecule has 29 heavy (non-hydrogen) atoms. The maximum Gasteiger partial charge on any atom is 0.265 e. The standard InChI is InChI=1S/C24H18N5/c25-29-13-12-26-15-22(29)23(17-5-3-6-17)28-24(29)18-10-8-16(9-11-18)21-14-19-4-1-2-7-20(19)27-21/h1-15,27H,25H2/q+1. The molecule has 0 radical (unpaired) electrons. The van der Waals surface area contributed by atoms with Crippen molar-refractivity contribution >= 4 is 23.0 Å². The van der Waals surface area contributed by atoms with Crippen LogP contribution in [0.25, 0.3) is 22.2 Å². The van der Waals surface area contributed by atoms with Gasteiger partial charge in [0.2, 0.25) is 5.70 Å². The number of aromatic amines is 1. The Kier molecular flexibility index (Phi) is 3.26. The molecule has 138 valence electrons. The predicted molar refractivity (Wildman–Crippen MR) is 117 cm³/mol. The van der Waals surface area contributed by atoms with Crippen LogP contribution in [0.3, 0.4) is 0 Å². The van der Waals surface area contributed by atoms with Crippen LogP contribution in [0.15, 0.2) is 112 Å². The van der Waals surface area contributed by atoms with Crippen LogP contribution in [0, 0.1) is 0 Å². The molecule has 1 aliphatic carbocycles. The molecule has 3 aromatic rings. The average molecular weight is 376 g/mol. The Balaban J connectivity index is 1.40. The second-order valence-corrected chi connectivity index (χ2v) is 7.35. The second-order valence-electron chi connectivity index (χ2n) is 7.35. The summed E-state index contributed by atoms with van der Waals surface area (Å²) in [6, 6.07) is 18.8. The minimum absolute atomic E-state index is 0.0374. The van der Waals surface area contributed by atoms with E-state index in [4.69, 9.17) is 10.8 Å². The molecule has 5 nitrogen and oxygen atoms in total. The first kappa shape index (κ1) is 16.2. The molecule has 0 saturated carbocycles. The van der Waals surface area contributed by atoms with E-state index in [1.807, 2.05) is 30.5 Å². The molecule has 5 heteroatoms.